The lowest BCUT2D eigenvalue weighted by Crippen LogP contribution is -2.17. The van der Waals surface area contributed by atoms with E-state index in [1.165, 1.54) is 0 Å². The molecule has 0 aliphatic rings. The third kappa shape index (κ3) is 4.35. The van der Waals surface area contributed by atoms with Crippen LogP contribution < -0.4 is 10.6 Å². The quantitative estimate of drug-likeness (QED) is 0.673. The van der Waals surface area contributed by atoms with Crippen LogP contribution in [0.1, 0.15) is 38.1 Å². The number of rotatable bonds is 8. The van der Waals surface area contributed by atoms with Gasteiger partial charge in [0.1, 0.15) is 17.5 Å². The van der Waals surface area contributed by atoms with Crippen LogP contribution in [-0.4, -0.2) is 35.3 Å². The minimum absolute atomic E-state index is 0.241. The molecule has 0 aliphatic carbocycles. The number of hydrogen-bond donors (Lipinski definition) is 3. The molecule has 5 heteroatoms. The summed E-state index contributed by atoms with van der Waals surface area (Å²) >= 11 is 0. The summed E-state index contributed by atoms with van der Waals surface area (Å²) in [5.41, 5.74) is 1.04. The van der Waals surface area contributed by atoms with E-state index in [0.29, 0.717) is 5.92 Å². The number of aliphatic hydroxyl groups is 1. The average Bonchev–Trinajstić information content (AvgIpc) is 2.44. The summed E-state index contributed by atoms with van der Waals surface area (Å²) in [6.07, 6.45) is 2.70. The Morgan fingerprint density at radius 3 is 2.42 bits per heavy atom. The fourth-order valence-electron chi connectivity index (χ4n) is 2.01. The molecule has 0 aromatic carbocycles. The van der Waals surface area contributed by atoms with Gasteiger partial charge in [-0.3, -0.25) is 0 Å². The summed E-state index contributed by atoms with van der Waals surface area (Å²) in [4.78, 5) is 8.99. The maximum absolute atomic E-state index is 9.02. The zero-order chi connectivity index (χ0) is 14.3. The van der Waals surface area contributed by atoms with Crippen LogP contribution in [0.5, 0.6) is 0 Å². The van der Waals surface area contributed by atoms with Crippen LogP contribution in [-0.2, 0) is 6.42 Å². The highest BCUT2D eigenvalue weighted by Gasteiger charge is 2.11. The number of aromatic nitrogens is 2. The van der Waals surface area contributed by atoms with E-state index in [1.54, 1.807) is 0 Å². The van der Waals surface area contributed by atoms with Crippen molar-refractivity contribution in [3.8, 4) is 0 Å². The second-order valence-electron chi connectivity index (χ2n) is 4.73. The van der Waals surface area contributed by atoms with E-state index < -0.39 is 0 Å². The minimum atomic E-state index is 0.241. The molecule has 19 heavy (non-hydrogen) atoms. The third-order valence-electron chi connectivity index (χ3n) is 3.42. The summed E-state index contributed by atoms with van der Waals surface area (Å²) in [6.45, 7) is 7.28. The molecular formula is C14H26N4O. The number of aliphatic hydroxyl groups excluding tert-OH is 1. The third-order valence-corrected chi connectivity index (χ3v) is 3.42. The number of aryl methyl sites for hydroxylation is 1. The summed E-state index contributed by atoms with van der Waals surface area (Å²) in [5.74, 6) is 3.09. The molecule has 3 N–H and O–H groups in total. The molecule has 0 fully saturated rings. The van der Waals surface area contributed by atoms with Gasteiger partial charge in [-0.05, 0) is 19.3 Å². The first-order valence-electron chi connectivity index (χ1n) is 7.06. The monoisotopic (exact) mass is 266 g/mol. The van der Waals surface area contributed by atoms with E-state index >= 15 is 0 Å². The van der Waals surface area contributed by atoms with Crippen molar-refractivity contribution in [2.45, 2.75) is 40.0 Å². The van der Waals surface area contributed by atoms with Crippen LogP contribution in [0.25, 0.3) is 0 Å². The average molecular weight is 266 g/mol. The molecule has 1 atom stereocenters. The fraction of sp³-hybridized carbons (Fsp3) is 0.714. The zero-order valence-corrected chi connectivity index (χ0v) is 12.5. The molecule has 1 aromatic heterocycles. The Morgan fingerprint density at radius 2 is 1.89 bits per heavy atom. The number of nitrogens with one attached hydrogen (secondary N) is 2. The first-order chi connectivity index (χ1) is 9.15. The maximum atomic E-state index is 9.02. The van der Waals surface area contributed by atoms with E-state index in [0.717, 1.165) is 48.8 Å². The van der Waals surface area contributed by atoms with Gasteiger partial charge in [-0.2, -0.15) is 0 Å². The molecule has 0 amide bonds. The Hall–Kier alpha value is -1.36. The molecule has 1 unspecified atom stereocenters. The summed E-state index contributed by atoms with van der Waals surface area (Å²) < 4.78 is 0. The highest BCUT2D eigenvalue weighted by atomic mass is 16.3. The SMILES string of the molecule is CCc1nc(NC)c(C)c(NCC(CC)CCO)n1. The van der Waals surface area contributed by atoms with Crippen molar-refractivity contribution in [1.29, 1.82) is 0 Å². The van der Waals surface area contributed by atoms with Crippen LogP contribution in [0.3, 0.4) is 0 Å². The van der Waals surface area contributed by atoms with E-state index in [2.05, 4.69) is 34.4 Å². The van der Waals surface area contributed by atoms with Crippen LogP contribution in [0, 0.1) is 12.8 Å². The fourth-order valence-corrected chi connectivity index (χ4v) is 2.01. The molecule has 0 spiro atoms. The van der Waals surface area contributed by atoms with Gasteiger partial charge in [-0.1, -0.05) is 20.3 Å². The van der Waals surface area contributed by atoms with Crippen molar-refractivity contribution in [3.05, 3.63) is 11.4 Å². The molecule has 0 bridgehead atoms. The zero-order valence-electron chi connectivity index (χ0n) is 12.5. The topological polar surface area (TPSA) is 70.1 Å². The second-order valence-corrected chi connectivity index (χ2v) is 4.73. The number of anilines is 2. The van der Waals surface area contributed by atoms with Gasteiger partial charge < -0.3 is 15.7 Å². The van der Waals surface area contributed by atoms with Crippen LogP contribution in [0.2, 0.25) is 0 Å². The van der Waals surface area contributed by atoms with Gasteiger partial charge in [-0.25, -0.2) is 9.97 Å². The molecule has 1 heterocycles. The molecule has 1 rings (SSSR count). The Bertz CT molecular complexity index is 395. The summed E-state index contributed by atoms with van der Waals surface area (Å²) in [5, 5.41) is 15.5. The van der Waals surface area contributed by atoms with Crippen molar-refractivity contribution in [1.82, 2.24) is 9.97 Å². The van der Waals surface area contributed by atoms with Gasteiger partial charge in [0.25, 0.3) is 0 Å². The van der Waals surface area contributed by atoms with Crippen molar-refractivity contribution in [2.75, 3.05) is 30.8 Å². The molecule has 0 saturated carbocycles. The highest BCUT2D eigenvalue weighted by molar-refractivity contribution is 5.57. The van der Waals surface area contributed by atoms with Gasteiger partial charge in [0.15, 0.2) is 0 Å². The van der Waals surface area contributed by atoms with Crippen molar-refractivity contribution < 1.29 is 5.11 Å². The molecule has 0 saturated heterocycles. The molecule has 5 nitrogen and oxygen atoms in total. The largest absolute Gasteiger partial charge is 0.396 e. The predicted molar refractivity (Wildman–Crippen MR) is 79.7 cm³/mol. The van der Waals surface area contributed by atoms with Crippen molar-refractivity contribution >= 4 is 11.6 Å². The van der Waals surface area contributed by atoms with E-state index in [9.17, 15) is 0 Å². The minimum Gasteiger partial charge on any atom is -0.396 e. The van der Waals surface area contributed by atoms with Gasteiger partial charge in [0, 0.05) is 32.2 Å². The van der Waals surface area contributed by atoms with Crippen LogP contribution in [0.4, 0.5) is 11.6 Å². The molecule has 1 aromatic rings. The number of nitrogens with zero attached hydrogens (tertiary/aromatic N) is 2. The highest BCUT2D eigenvalue weighted by Crippen LogP contribution is 2.20. The lowest BCUT2D eigenvalue weighted by molar-refractivity contribution is 0.258. The van der Waals surface area contributed by atoms with E-state index in [1.807, 2.05) is 14.0 Å². The van der Waals surface area contributed by atoms with Gasteiger partial charge in [0.05, 0.1) is 0 Å². The lowest BCUT2D eigenvalue weighted by atomic mass is 10.0. The Balaban J connectivity index is 2.81. The van der Waals surface area contributed by atoms with Gasteiger partial charge in [-0.15, -0.1) is 0 Å². The molecule has 108 valence electrons. The molecule has 0 radical (unpaired) electrons. The second kappa shape index (κ2) is 7.94. The Kier molecular flexibility index (Phi) is 6.56. The summed E-state index contributed by atoms with van der Waals surface area (Å²) in [7, 11) is 1.87. The Labute approximate surface area is 115 Å². The smallest absolute Gasteiger partial charge is 0.134 e. The Morgan fingerprint density at radius 1 is 1.21 bits per heavy atom. The van der Waals surface area contributed by atoms with Crippen molar-refractivity contribution in [2.24, 2.45) is 5.92 Å². The van der Waals surface area contributed by atoms with Crippen LogP contribution in [0.15, 0.2) is 0 Å². The first kappa shape index (κ1) is 15.7. The van der Waals surface area contributed by atoms with Gasteiger partial charge >= 0.3 is 0 Å². The normalized spacial score (nSPS) is 12.3. The predicted octanol–water partition coefficient (Wildman–Crippen LogP) is 2.21. The summed E-state index contributed by atoms with van der Waals surface area (Å²) in [6, 6.07) is 0. The first-order valence-corrected chi connectivity index (χ1v) is 7.06. The van der Waals surface area contributed by atoms with E-state index in [4.69, 9.17) is 5.11 Å². The standard InChI is InChI=1S/C14H26N4O/c1-5-11(7-8-19)9-16-14-10(3)13(15-4)17-12(6-2)18-14/h11,19H,5-9H2,1-4H3,(H2,15,16,17,18). The lowest BCUT2D eigenvalue weighted by Gasteiger charge is -2.17. The van der Waals surface area contributed by atoms with E-state index in [-0.39, 0.29) is 6.61 Å². The van der Waals surface area contributed by atoms with Crippen molar-refractivity contribution in [3.63, 3.8) is 0 Å². The van der Waals surface area contributed by atoms with Gasteiger partial charge in [0.2, 0.25) is 0 Å². The number of hydrogen-bond acceptors (Lipinski definition) is 5. The maximum Gasteiger partial charge on any atom is 0.134 e. The molecule has 0 aliphatic heterocycles. The van der Waals surface area contributed by atoms with Crippen LogP contribution >= 0.6 is 0 Å². The molecular weight excluding hydrogens is 240 g/mol.